The fourth-order valence-electron chi connectivity index (χ4n) is 6.00. The molecule has 0 radical (unpaired) electrons. The molecule has 3 aliphatic rings. The summed E-state index contributed by atoms with van der Waals surface area (Å²) in [7, 11) is 1.57. The van der Waals surface area contributed by atoms with Crippen molar-refractivity contribution < 1.29 is 24.1 Å². The molecule has 3 aromatic rings. The summed E-state index contributed by atoms with van der Waals surface area (Å²) in [6.07, 6.45) is 2.60. The summed E-state index contributed by atoms with van der Waals surface area (Å²) < 4.78 is 18.5. The molecule has 11 nitrogen and oxygen atoms in total. The highest BCUT2D eigenvalue weighted by atomic mass is 16.6. The first kappa shape index (κ1) is 25.8. The highest BCUT2D eigenvalue weighted by Gasteiger charge is 2.40. The van der Waals surface area contributed by atoms with Crippen LogP contribution in [0.5, 0.6) is 6.01 Å². The van der Waals surface area contributed by atoms with E-state index in [-0.39, 0.29) is 24.6 Å². The number of anilines is 1. The summed E-state index contributed by atoms with van der Waals surface area (Å²) in [6.45, 7) is 9.82. The number of aliphatic hydroxyl groups is 1. The zero-order valence-electron chi connectivity index (χ0n) is 23.1. The second-order valence-corrected chi connectivity index (χ2v) is 11.8. The van der Waals surface area contributed by atoms with Crippen molar-refractivity contribution in [3.05, 3.63) is 35.5 Å². The smallest absolute Gasteiger partial charge is 0.410 e. The van der Waals surface area contributed by atoms with Gasteiger partial charge in [-0.2, -0.15) is 15.1 Å². The second-order valence-electron chi connectivity index (χ2n) is 11.8. The highest BCUT2D eigenvalue weighted by Crippen LogP contribution is 2.36. The van der Waals surface area contributed by atoms with E-state index in [1.54, 1.807) is 16.7 Å². The van der Waals surface area contributed by atoms with Crippen molar-refractivity contribution in [3.8, 4) is 11.8 Å². The Bertz CT molecular complexity index is 1400. The molecule has 11 heteroatoms. The minimum Gasteiger partial charge on any atom is -0.467 e. The molecular weight excluding hydrogens is 500 g/mol. The minimum absolute atomic E-state index is 0.118. The Balaban J connectivity index is 1.30. The fraction of sp³-hybridized carbons (Fsp3) is 0.571. The lowest BCUT2D eigenvalue weighted by molar-refractivity contribution is -0.00155. The van der Waals surface area contributed by atoms with Gasteiger partial charge in [0.1, 0.15) is 11.4 Å². The molecule has 4 atom stereocenters. The van der Waals surface area contributed by atoms with Crippen LogP contribution in [0.4, 0.5) is 10.6 Å². The predicted molar refractivity (Wildman–Crippen MR) is 145 cm³/mol. The van der Waals surface area contributed by atoms with E-state index in [9.17, 15) is 9.90 Å². The average molecular weight is 537 g/mol. The number of carbonyl (C=O) groups is 1. The first-order chi connectivity index (χ1) is 18.6. The fourth-order valence-corrected chi connectivity index (χ4v) is 6.00. The van der Waals surface area contributed by atoms with Gasteiger partial charge in [-0.05, 0) is 63.8 Å². The number of aryl methyl sites for hydroxylation is 1. The van der Waals surface area contributed by atoms with Gasteiger partial charge in [0.2, 0.25) is 0 Å². The van der Waals surface area contributed by atoms with Gasteiger partial charge in [0, 0.05) is 30.5 Å². The monoisotopic (exact) mass is 536 g/mol. The summed E-state index contributed by atoms with van der Waals surface area (Å²) >= 11 is 0. The lowest BCUT2D eigenvalue weighted by atomic mass is 9.84. The van der Waals surface area contributed by atoms with Crippen molar-refractivity contribution in [2.45, 2.75) is 70.3 Å². The molecule has 3 aliphatic heterocycles. The molecule has 5 heterocycles. The predicted octanol–water partition coefficient (Wildman–Crippen LogP) is 3.20. The number of hydrogen-bond acceptors (Lipinski definition) is 9. The van der Waals surface area contributed by atoms with Crippen LogP contribution in [0, 0.1) is 6.92 Å². The van der Waals surface area contributed by atoms with Crippen LogP contribution in [0.3, 0.4) is 0 Å². The molecule has 0 spiro atoms. The van der Waals surface area contributed by atoms with Gasteiger partial charge in [-0.15, -0.1) is 0 Å². The van der Waals surface area contributed by atoms with Crippen LogP contribution in [-0.2, 0) is 9.47 Å². The number of fused-ring (bicyclic) bond motifs is 3. The van der Waals surface area contributed by atoms with Gasteiger partial charge >= 0.3 is 12.1 Å². The van der Waals surface area contributed by atoms with Crippen LogP contribution < -0.4 is 9.64 Å². The highest BCUT2D eigenvalue weighted by molar-refractivity contribution is 5.82. The second kappa shape index (κ2) is 9.63. The van der Waals surface area contributed by atoms with Gasteiger partial charge < -0.3 is 29.1 Å². The quantitative estimate of drug-likeness (QED) is 0.537. The third-order valence-corrected chi connectivity index (χ3v) is 7.86. The number of morpholine rings is 1. The van der Waals surface area contributed by atoms with Crippen LogP contribution >= 0.6 is 0 Å². The average Bonchev–Trinajstić information content (AvgIpc) is 3.63. The van der Waals surface area contributed by atoms with Crippen molar-refractivity contribution in [2.24, 2.45) is 0 Å². The molecule has 1 aromatic carbocycles. The Morgan fingerprint density at radius 3 is 2.62 bits per heavy atom. The number of piperidine rings is 1. The summed E-state index contributed by atoms with van der Waals surface area (Å²) in [5.74, 6) is 1.30. The summed E-state index contributed by atoms with van der Waals surface area (Å²) in [4.78, 5) is 25.7. The van der Waals surface area contributed by atoms with Crippen LogP contribution in [0.2, 0.25) is 0 Å². The van der Waals surface area contributed by atoms with Crippen LogP contribution in [0.1, 0.15) is 50.7 Å². The molecular formula is C28H36N6O5. The lowest BCUT2D eigenvalue weighted by Crippen LogP contribution is -2.47. The zero-order valence-corrected chi connectivity index (χ0v) is 23.1. The topological polar surface area (TPSA) is 115 Å². The Morgan fingerprint density at radius 2 is 1.95 bits per heavy atom. The third-order valence-electron chi connectivity index (χ3n) is 7.86. The largest absolute Gasteiger partial charge is 0.467 e. The van der Waals surface area contributed by atoms with Crippen LogP contribution in [-0.4, -0.2) is 93.0 Å². The van der Waals surface area contributed by atoms with Crippen molar-refractivity contribution in [1.29, 1.82) is 0 Å². The third kappa shape index (κ3) is 4.89. The number of amides is 1. The van der Waals surface area contributed by atoms with Gasteiger partial charge in [0.25, 0.3) is 0 Å². The Kier molecular flexibility index (Phi) is 6.38. The van der Waals surface area contributed by atoms with Crippen molar-refractivity contribution in [2.75, 3.05) is 38.3 Å². The Labute approximate surface area is 227 Å². The number of nitrogens with zero attached hydrogens (tertiary/aromatic N) is 6. The van der Waals surface area contributed by atoms with E-state index in [0.717, 1.165) is 40.8 Å². The number of benzene rings is 1. The molecule has 3 saturated heterocycles. The maximum Gasteiger partial charge on any atom is 0.410 e. The number of aliphatic hydroxyl groups excluding tert-OH is 1. The Hall–Kier alpha value is -3.44. The number of hydrogen-bond donors (Lipinski definition) is 1. The molecule has 0 unspecified atom stereocenters. The van der Waals surface area contributed by atoms with Crippen molar-refractivity contribution in [1.82, 2.24) is 24.6 Å². The van der Waals surface area contributed by atoms with Gasteiger partial charge in [-0.1, -0.05) is 0 Å². The first-order valence-electron chi connectivity index (χ1n) is 13.6. The number of carbonyl (C=O) groups excluding carboxylic acids is 1. The van der Waals surface area contributed by atoms with Crippen molar-refractivity contribution >= 4 is 22.8 Å². The summed E-state index contributed by atoms with van der Waals surface area (Å²) in [5, 5.41) is 16.8. The summed E-state index contributed by atoms with van der Waals surface area (Å²) in [5.41, 5.74) is 2.42. The number of likely N-dealkylation sites (tertiary alicyclic amines) is 1. The van der Waals surface area contributed by atoms with Gasteiger partial charge in [0.05, 0.1) is 50.2 Å². The number of methoxy groups -OCH3 is 1. The molecule has 0 aliphatic carbocycles. The van der Waals surface area contributed by atoms with Crippen LogP contribution in [0.15, 0.2) is 24.4 Å². The van der Waals surface area contributed by atoms with Gasteiger partial charge in [-0.3, -0.25) is 0 Å². The maximum absolute atomic E-state index is 12.6. The number of rotatable bonds is 4. The van der Waals surface area contributed by atoms with Gasteiger partial charge in [0.15, 0.2) is 5.82 Å². The van der Waals surface area contributed by atoms with E-state index in [1.165, 1.54) is 0 Å². The molecule has 2 bridgehead atoms. The molecule has 208 valence electrons. The van der Waals surface area contributed by atoms with Gasteiger partial charge in [-0.25, -0.2) is 9.48 Å². The molecule has 1 amide bonds. The van der Waals surface area contributed by atoms with E-state index in [2.05, 4.69) is 39.0 Å². The zero-order chi connectivity index (χ0) is 27.5. The molecule has 39 heavy (non-hydrogen) atoms. The molecule has 0 saturated carbocycles. The molecule has 3 fully saturated rings. The maximum atomic E-state index is 12.6. The Morgan fingerprint density at radius 1 is 1.15 bits per heavy atom. The standard InChI is InChI=1S/C28H36N6O5/c1-16-8-17-12-29-34(25-11-24(30-26(31-25)37-5)33-13-19-9-18(33)15-38-19)22(17)10-21(16)20-6-7-32(14-23(20)35)27(36)39-28(2,3)4/h8,10-12,18-20,23,35H,6-7,9,13-15H2,1-5H3/t18-,19-,20-,23-/m1/s1. The minimum atomic E-state index is -0.711. The van der Waals surface area contributed by atoms with E-state index in [1.807, 2.05) is 33.0 Å². The normalized spacial score (nSPS) is 25.0. The SMILES string of the molecule is COc1nc(N2C[C@H]3C[C@@H]2CO3)cc(-n2ncc3cc(C)c([C@H]4CCN(C(=O)OC(C)(C)C)C[C@H]4O)cc32)n1. The van der Waals surface area contributed by atoms with E-state index < -0.39 is 17.8 Å². The molecule has 2 aromatic heterocycles. The van der Waals surface area contributed by atoms with Crippen molar-refractivity contribution in [3.63, 3.8) is 0 Å². The first-order valence-corrected chi connectivity index (χ1v) is 13.6. The molecule has 1 N–H and O–H groups in total. The lowest BCUT2D eigenvalue weighted by Gasteiger charge is -2.37. The van der Waals surface area contributed by atoms with Crippen LogP contribution in [0.25, 0.3) is 16.7 Å². The number of β-amino-alcohol motifs (C(OH)–C–C–N with tert-alkyl or cyclic N) is 1. The van der Waals surface area contributed by atoms with E-state index in [4.69, 9.17) is 14.2 Å². The number of aromatic nitrogens is 4. The number of ether oxygens (including phenoxy) is 3. The van der Waals surface area contributed by atoms with E-state index >= 15 is 0 Å². The van der Waals surface area contributed by atoms with E-state index in [0.29, 0.717) is 31.4 Å². The molecule has 6 rings (SSSR count). The summed E-state index contributed by atoms with van der Waals surface area (Å²) in [6, 6.07) is 6.72.